The number of ketones is 2. The second-order valence-electron chi connectivity index (χ2n) is 15.4. The van der Waals surface area contributed by atoms with Crippen LogP contribution >= 0.6 is 0 Å². The van der Waals surface area contributed by atoms with Crippen LogP contribution in [0.15, 0.2) is 0 Å². The summed E-state index contributed by atoms with van der Waals surface area (Å²) in [6.07, 6.45) is 35.2. The molecule has 44 heavy (non-hydrogen) atoms. The average molecular weight is 620 g/mol. The largest absolute Gasteiger partial charge is 0.297 e. The van der Waals surface area contributed by atoms with Crippen molar-refractivity contribution in [3.63, 3.8) is 0 Å². The fourth-order valence-corrected chi connectivity index (χ4v) is 6.44. The van der Waals surface area contributed by atoms with Crippen molar-refractivity contribution in [1.29, 1.82) is 0 Å². The van der Waals surface area contributed by atoms with E-state index in [1.54, 1.807) is 0 Å². The first-order valence-electron chi connectivity index (χ1n) is 19.9. The molecule has 0 radical (unpaired) electrons. The zero-order chi connectivity index (χ0) is 32.8. The van der Waals surface area contributed by atoms with E-state index < -0.39 is 6.04 Å². The highest BCUT2D eigenvalue weighted by atomic mass is 16.2. The minimum atomic E-state index is -0.536. The average Bonchev–Trinajstić information content (AvgIpc) is 2.97. The highest BCUT2D eigenvalue weighted by molar-refractivity contribution is 6.06. The molecule has 0 rings (SSSR count). The molecule has 0 saturated heterocycles. The second-order valence-corrected chi connectivity index (χ2v) is 15.4. The molecule has 0 aliphatic heterocycles. The van der Waals surface area contributed by atoms with Crippen molar-refractivity contribution in [2.45, 2.75) is 233 Å². The number of carbonyl (C=O) groups excluding carboxylic acids is 2. The summed E-state index contributed by atoms with van der Waals surface area (Å²) >= 11 is 0. The summed E-state index contributed by atoms with van der Waals surface area (Å²) in [7, 11) is 1.96. The van der Waals surface area contributed by atoms with Gasteiger partial charge in [-0.05, 0) is 45.6 Å². The molecule has 0 fully saturated rings. The van der Waals surface area contributed by atoms with Crippen molar-refractivity contribution in [2.75, 3.05) is 7.05 Å². The Kier molecular flexibility index (Phi) is 30.4. The van der Waals surface area contributed by atoms with Crippen LogP contribution in [0.1, 0.15) is 221 Å². The first kappa shape index (κ1) is 43.3. The van der Waals surface area contributed by atoms with Crippen LogP contribution in [0.2, 0.25) is 0 Å². The summed E-state index contributed by atoms with van der Waals surface area (Å²) in [4.78, 5) is 28.3. The lowest BCUT2D eigenvalue weighted by molar-refractivity contribution is -0.135. The Balaban J connectivity index is 3.90. The van der Waals surface area contributed by atoms with Crippen LogP contribution < -0.4 is 0 Å². The molecule has 0 aromatic heterocycles. The molecular weight excluding hydrogens is 538 g/mol. The zero-order valence-corrected chi connectivity index (χ0v) is 31.4. The molecule has 0 heterocycles. The van der Waals surface area contributed by atoms with Gasteiger partial charge in [-0.3, -0.25) is 14.5 Å². The van der Waals surface area contributed by atoms with Gasteiger partial charge in [0.1, 0.15) is 6.04 Å². The van der Waals surface area contributed by atoms with Crippen LogP contribution in [0, 0.1) is 11.8 Å². The van der Waals surface area contributed by atoms with Gasteiger partial charge in [0.2, 0.25) is 0 Å². The molecule has 3 nitrogen and oxygen atoms in total. The second kappa shape index (κ2) is 30.9. The quantitative estimate of drug-likeness (QED) is 0.0531. The van der Waals surface area contributed by atoms with Crippen LogP contribution in [-0.2, 0) is 9.59 Å². The number of Topliss-reactive ketones (excluding diaryl/α,β-unsaturated/α-hetero) is 2. The number of rotatable bonds is 34. The minimum Gasteiger partial charge on any atom is -0.297 e. The molecular formula is C41H81NO2. The lowest BCUT2D eigenvalue weighted by Crippen LogP contribution is -2.47. The van der Waals surface area contributed by atoms with Crippen molar-refractivity contribution in [3.8, 4) is 0 Å². The number of hydrogen-bond donors (Lipinski definition) is 0. The van der Waals surface area contributed by atoms with E-state index in [1.807, 2.05) is 11.9 Å². The maximum atomic E-state index is 13.2. The molecule has 0 saturated carbocycles. The zero-order valence-electron chi connectivity index (χ0n) is 31.4. The molecule has 0 amide bonds. The molecule has 0 aromatic rings. The number of unbranched alkanes of at least 4 members (excludes halogenated alkanes) is 22. The monoisotopic (exact) mass is 620 g/mol. The maximum absolute atomic E-state index is 13.2. The van der Waals surface area contributed by atoms with Crippen LogP contribution in [0.3, 0.4) is 0 Å². The van der Waals surface area contributed by atoms with Crippen molar-refractivity contribution in [2.24, 2.45) is 11.8 Å². The molecule has 3 heteroatoms. The third-order valence-electron chi connectivity index (χ3n) is 9.74. The lowest BCUT2D eigenvalue weighted by atomic mass is 9.95. The molecule has 0 atom stereocenters. The molecule has 0 bridgehead atoms. The van der Waals surface area contributed by atoms with E-state index in [0.717, 1.165) is 37.5 Å². The Hall–Kier alpha value is -0.700. The molecule has 0 aliphatic rings. The van der Waals surface area contributed by atoms with Crippen molar-refractivity contribution < 1.29 is 9.59 Å². The van der Waals surface area contributed by atoms with Gasteiger partial charge in [0.25, 0.3) is 0 Å². The Morgan fingerprint density at radius 2 is 0.614 bits per heavy atom. The first-order chi connectivity index (χ1) is 21.2. The smallest absolute Gasteiger partial charge is 0.157 e. The van der Waals surface area contributed by atoms with Gasteiger partial charge in [0, 0.05) is 18.9 Å². The minimum absolute atomic E-state index is 0.152. The van der Waals surface area contributed by atoms with Crippen molar-refractivity contribution in [3.05, 3.63) is 0 Å². The van der Waals surface area contributed by atoms with Gasteiger partial charge in [-0.2, -0.15) is 0 Å². The third kappa shape index (κ3) is 27.6. The van der Waals surface area contributed by atoms with E-state index in [2.05, 4.69) is 41.5 Å². The molecule has 0 unspecified atom stereocenters. The number of nitrogens with zero attached hydrogens (tertiary/aromatic N) is 1. The summed E-state index contributed by atoms with van der Waals surface area (Å²) in [5.41, 5.74) is 0. The van der Waals surface area contributed by atoms with Gasteiger partial charge in [-0.1, -0.05) is 182 Å². The van der Waals surface area contributed by atoms with Crippen LogP contribution in [0.5, 0.6) is 0 Å². The first-order valence-corrected chi connectivity index (χ1v) is 19.9. The summed E-state index contributed by atoms with van der Waals surface area (Å²) < 4.78 is 0. The van der Waals surface area contributed by atoms with Gasteiger partial charge in [-0.15, -0.1) is 0 Å². The van der Waals surface area contributed by atoms with Crippen molar-refractivity contribution >= 4 is 11.6 Å². The van der Waals surface area contributed by atoms with Crippen LogP contribution in [-0.4, -0.2) is 35.6 Å². The molecule has 0 N–H and O–H groups in total. The number of likely N-dealkylation sites (N-methyl/N-ethyl adjacent to an activating group) is 1. The predicted octanol–water partition coefficient (Wildman–Crippen LogP) is 13.1. The standard InChI is InChI=1S/C41H81NO2/c1-36(2)32-28-24-20-16-12-8-10-14-18-22-26-30-34-39(43)41(42(7)38(5)6)40(44)35-31-27-23-19-15-11-9-13-17-21-25-29-33-37(3)4/h36-38,41H,8-35H2,1-7H3. The lowest BCUT2D eigenvalue weighted by Gasteiger charge is -2.29. The number of carbonyl (C=O) groups is 2. The van der Waals surface area contributed by atoms with E-state index in [4.69, 9.17) is 0 Å². The summed E-state index contributed by atoms with van der Waals surface area (Å²) in [5.74, 6) is 2.01. The maximum Gasteiger partial charge on any atom is 0.157 e. The highest BCUT2D eigenvalue weighted by Gasteiger charge is 2.30. The fourth-order valence-electron chi connectivity index (χ4n) is 6.44. The molecule has 0 aromatic carbocycles. The van der Waals surface area contributed by atoms with E-state index >= 15 is 0 Å². The van der Waals surface area contributed by atoms with E-state index in [0.29, 0.717) is 12.8 Å². The van der Waals surface area contributed by atoms with Gasteiger partial charge in [0.15, 0.2) is 11.6 Å². The van der Waals surface area contributed by atoms with Crippen LogP contribution in [0.25, 0.3) is 0 Å². The topological polar surface area (TPSA) is 37.4 Å². The normalized spacial score (nSPS) is 12.1. The fraction of sp³-hybridized carbons (Fsp3) is 0.951. The van der Waals surface area contributed by atoms with Gasteiger partial charge >= 0.3 is 0 Å². The van der Waals surface area contributed by atoms with E-state index in [-0.39, 0.29) is 17.6 Å². The van der Waals surface area contributed by atoms with Gasteiger partial charge in [-0.25, -0.2) is 0 Å². The van der Waals surface area contributed by atoms with E-state index in [9.17, 15) is 9.59 Å². The summed E-state index contributed by atoms with van der Waals surface area (Å²) in [6, 6.07) is -0.335. The van der Waals surface area contributed by atoms with Crippen molar-refractivity contribution in [1.82, 2.24) is 4.90 Å². The third-order valence-corrected chi connectivity index (χ3v) is 9.74. The summed E-state index contributed by atoms with van der Waals surface area (Å²) in [5, 5.41) is 0. The van der Waals surface area contributed by atoms with E-state index in [1.165, 1.54) is 141 Å². The van der Waals surface area contributed by atoms with Crippen LogP contribution in [0.4, 0.5) is 0 Å². The molecule has 262 valence electrons. The molecule has 0 aliphatic carbocycles. The highest BCUT2D eigenvalue weighted by Crippen LogP contribution is 2.18. The molecule has 0 spiro atoms. The number of hydrogen-bond acceptors (Lipinski definition) is 3. The van der Waals surface area contributed by atoms with Gasteiger partial charge < -0.3 is 0 Å². The Morgan fingerprint density at radius 1 is 0.386 bits per heavy atom. The SMILES string of the molecule is CC(C)CCCCCCCCCCCCCCC(=O)C(C(=O)CCCCCCCCCCCCCCC(C)C)N(C)C(C)C. The van der Waals surface area contributed by atoms with Gasteiger partial charge in [0.05, 0.1) is 0 Å². The Morgan fingerprint density at radius 3 is 0.841 bits per heavy atom. The Bertz CT molecular complexity index is 593. The predicted molar refractivity (Wildman–Crippen MR) is 196 cm³/mol. The Labute approximate surface area is 277 Å². The summed E-state index contributed by atoms with van der Waals surface area (Å²) in [6.45, 7) is 13.5.